The van der Waals surface area contributed by atoms with Gasteiger partial charge in [0.15, 0.2) is 0 Å². The van der Waals surface area contributed by atoms with Crippen LogP contribution in [0, 0.1) is 5.82 Å². The summed E-state index contributed by atoms with van der Waals surface area (Å²) in [5, 5.41) is 2.79. The van der Waals surface area contributed by atoms with E-state index in [1.165, 1.54) is 19.1 Å². The highest BCUT2D eigenvalue weighted by molar-refractivity contribution is 5.78. The molecule has 2 aromatic rings. The minimum atomic E-state index is -0.300. The Kier molecular flexibility index (Phi) is 7.14. The summed E-state index contributed by atoms with van der Waals surface area (Å²) in [7, 11) is 0. The maximum absolute atomic E-state index is 12.8. The number of nitrogens with one attached hydrogen (secondary N) is 1. The minimum absolute atomic E-state index is 0.0396. The molecule has 0 aliphatic rings. The molecule has 1 N–H and O–H groups in total. The number of nitrogens with zero attached hydrogens (tertiary/aromatic N) is 1. The van der Waals surface area contributed by atoms with Gasteiger partial charge in [-0.15, -0.1) is 0 Å². The highest BCUT2D eigenvalue weighted by Crippen LogP contribution is 2.04. The number of rotatable bonds is 8. The maximum Gasteiger partial charge on any atom is 0.222 e. The van der Waals surface area contributed by atoms with Crippen LogP contribution in [0.15, 0.2) is 54.6 Å². The van der Waals surface area contributed by atoms with Crippen molar-refractivity contribution >= 4 is 11.8 Å². The predicted molar refractivity (Wildman–Crippen MR) is 95.3 cm³/mol. The monoisotopic (exact) mass is 342 g/mol. The first-order valence-electron chi connectivity index (χ1n) is 8.35. The van der Waals surface area contributed by atoms with E-state index >= 15 is 0 Å². The van der Waals surface area contributed by atoms with E-state index < -0.39 is 0 Å². The fourth-order valence-electron chi connectivity index (χ4n) is 2.46. The summed E-state index contributed by atoms with van der Waals surface area (Å²) in [6.45, 7) is 2.84. The second-order valence-corrected chi connectivity index (χ2v) is 5.89. The van der Waals surface area contributed by atoms with Gasteiger partial charge in [-0.3, -0.25) is 9.59 Å². The summed E-state index contributed by atoms with van der Waals surface area (Å²) < 4.78 is 12.8. The van der Waals surface area contributed by atoms with E-state index in [0.29, 0.717) is 19.6 Å². The van der Waals surface area contributed by atoms with Crippen molar-refractivity contribution in [2.75, 3.05) is 13.1 Å². The van der Waals surface area contributed by atoms with Crippen LogP contribution in [0.25, 0.3) is 0 Å². The summed E-state index contributed by atoms with van der Waals surface area (Å²) in [4.78, 5) is 25.4. The summed E-state index contributed by atoms with van der Waals surface area (Å²) in [6.07, 6.45) is 1.01. The van der Waals surface area contributed by atoms with Gasteiger partial charge in [-0.05, 0) is 29.7 Å². The Morgan fingerprint density at radius 3 is 2.28 bits per heavy atom. The van der Waals surface area contributed by atoms with Crippen LogP contribution in [0.3, 0.4) is 0 Å². The van der Waals surface area contributed by atoms with E-state index in [-0.39, 0.29) is 24.1 Å². The molecule has 0 heterocycles. The fourth-order valence-corrected chi connectivity index (χ4v) is 2.46. The molecule has 0 aliphatic carbocycles. The maximum atomic E-state index is 12.8. The lowest BCUT2D eigenvalue weighted by molar-refractivity contribution is -0.129. The van der Waals surface area contributed by atoms with Crippen LogP contribution in [0.5, 0.6) is 0 Å². The molecule has 0 saturated heterocycles. The smallest absolute Gasteiger partial charge is 0.222 e. The zero-order valence-electron chi connectivity index (χ0n) is 14.4. The second kappa shape index (κ2) is 9.57. The number of halogens is 1. The Hall–Kier alpha value is -2.69. The minimum Gasteiger partial charge on any atom is -0.352 e. The van der Waals surface area contributed by atoms with Crippen molar-refractivity contribution in [2.45, 2.75) is 26.3 Å². The molecule has 25 heavy (non-hydrogen) atoms. The van der Waals surface area contributed by atoms with Gasteiger partial charge in [-0.25, -0.2) is 4.39 Å². The zero-order valence-corrected chi connectivity index (χ0v) is 14.4. The molecule has 2 amide bonds. The van der Waals surface area contributed by atoms with Crippen LogP contribution >= 0.6 is 0 Å². The Bertz CT molecular complexity index is 687. The third kappa shape index (κ3) is 6.75. The number of carbonyl (C=O) groups excluding carboxylic acids is 2. The van der Waals surface area contributed by atoms with Crippen molar-refractivity contribution in [3.05, 3.63) is 71.5 Å². The number of benzene rings is 2. The van der Waals surface area contributed by atoms with Crippen molar-refractivity contribution in [2.24, 2.45) is 0 Å². The lowest BCUT2D eigenvalue weighted by atomic mass is 10.1. The molecular formula is C20H23FN2O2. The molecular weight excluding hydrogens is 319 g/mol. The molecule has 0 aromatic heterocycles. The lowest BCUT2D eigenvalue weighted by Gasteiger charge is -2.21. The Morgan fingerprint density at radius 1 is 0.960 bits per heavy atom. The molecule has 0 atom stereocenters. The van der Waals surface area contributed by atoms with Crippen molar-refractivity contribution in [3.63, 3.8) is 0 Å². The SMILES string of the molecule is CC(=O)N(CCC(=O)NCc1ccc(F)cc1)CCc1ccccc1. The van der Waals surface area contributed by atoms with Gasteiger partial charge in [-0.1, -0.05) is 42.5 Å². The van der Waals surface area contributed by atoms with Crippen molar-refractivity contribution in [3.8, 4) is 0 Å². The van der Waals surface area contributed by atoms with E-state index in [4.69, 9.17) is 0 Å². The number of hydrogen-bond donors (Lipinski definition) is 1. The molecule has 4 nitrogen and oxygen atoms in total. The molecule has 132 valence electrons. The molecule has 5 heteroatoms. The average molecular weight is 342 g/mol. The van der Waals surface area contributed by atoms with Gasteiger partial charge in [0.1, 0.15) is 5.82 Å². The van der Waals surface area contributed by atoms with Gasteiger partial charge in [0.2, 0.25) is 11.8 Å². The molecule has 0 radical (unpaired) electrons. The van der Waals surface area contributed by atoms with Gasteiger partial charge in [0.25, 0.3) is 0 Å². The topological polar surface area (TPSA) is 49.4 Å². The van der Waals surface area contributed by atoms with E-state index in [1.54, 1.807) is 17.0 Å². The summed E-state index contributed by atoms with van der Waals surface area (Å²) in [5.74, 6) is -0.469. The van der Waals surface area contributed by atoms with Gasteiger partial charge in [0.05, 0.1) is 0 Å². The standard InChI is InChI=1S/C20H23FN2O2/c1-16(24)23(13-11-17-5-3-2-4-6-17)14-12-20(25)22-15-18-7-9-19(21)10-8-18/h2-10H,11-15H2,1H3,(H,22,25). The van der Waals surface area contributed by atoms with Gasteiger partial charge in [-0.2, -0.15) is 0 Å². The van der Waals surface area contributed by atoms with E-state index in [0.717, 1.165) is 17.5 Å². The van der Waals surface area contributed by atoms with E-state index in [9.17, 15) is 14.0 Å². The lowest BCUT2D eigenvalue weighted by Crippen LogP contribution is -2.35. The van der Waals surface area contributed by atoms with Crippen molar-refractivity contribution in [1.29, 1.82) is 0 Å². The predicted octanol–water partition coefficient (Wildman–Crippen LogP) is 2.92. The molecule has 2 rings (SSSR count). The third-order valence-corrected chi connectivity index (χ3v) is 3.97. The number of carbonyl (C=O) groups is 2. The van der Waals surface area contributed by atoms with E-state index in [2.05, 4.69) is 5.32 Å². The first kappa shape index (κ1) is 18.6. The largest absolute Gasteiger partial charge is 0.352 e. The van der Waals surface area contributed by atoms with Crippen molar-refractivity contribution < 1.29 is 14.0 Å². The normalized spacial score (nSPS) is 10.3. The number of amides is 2. The molecule has 2 aromatic carbocycles. The van der Waals surface area contributed by atoms with Gasteiger partial charge >= 0.3 is 0 Å². The first-order valence-corrected chi connectivity index (χ1v) is 8.35. The summed E-state index contributed by atoms with van der Waals surface area (Å²) >= 11 is 0. The number of hydrogen-bond acceptors (Lipinski definition) is 2. The van der Waals surface area contributed by atoms with Crippen LogP contribution in [0.1, 0.15) is 24.5 Å². The molecule has 0 bridgehead atoms. The molecule has 0 unspecified atom stereocenters. The van der Waals surface area contributed by atoms with Crippen LogP contribution in [0.2, 0.25) is 0 Å². The van der Waals surface area contributed by atoms with E-state index in [1.807, 2.05) is 30.3 Å². The van der Waals surface area contributed by atoms with Crippen molar-refractivity contribution in [1.82, 2.24) is 10.2 Å². The average Bonchev–Trinajstić information content (AvgIpc) is 2.61. The zero-order chi connectivity index (χ0) is 18.1. The summed E-state index contributed by atoms with van der Waals surface area (Å²) in [6, 6.07) is 15.9. The Labute approximate surface area is 147 Å². The molecule has 0 saturated carbocycles. The quantitative estimate of drug-likeness (QED) is 0.802. The first-order chi connectivity index (χ1) is 12.0. The highest BCUT2D eigenvalue weighted by atomic mass is 19.1. The fraction of sp³-hybridized carbons (Fsp3) is 0.300. The molecule has 0 fully saturated rings. The third-order valence-electron chi connectivity index (χ3n) is 3.97. The van der Waals surface area contributed by atoms with Gasteiger partial charge in [0, 0.05) is 33.0 Å². The molecule has 0 spiro atoms. The van der Waals surface area contributed by atoms with Crippen LogP contribution in [-0.2, 0) is 22.6 Å². The summed E-state index contributed by atoms with van der Waals surface area (Å²) in [5.41, 5.74) is 2.00. The Morgan fingerprint density at radius 2 is 1.64 bits per heavy atom. The van der Waals surface area contributed by atoms with Crippen LogP contribution in [0.4, 0.5) is 4.39 Å². The van der Waals surface area contributed by atoms with Gasteiger partial charge < -0.3 is 10.2 Å². The Balaban J connectivity index is 1.74. The second-order valence-electron chi connectivity index (χ2n) is 5.89. The highest BCUT2D eigenvalue weighted by Gasteiger charge is 2.11. The van der Waals surface area contributed by atoms with Crippen LogP contribution < -0.4 is 5.32 Å². The molecule has 0 aliphatic heterocycles. The van der Waals surface area contributed by atoms with Crippen LogP contribution in [-0.4, -0.2) is 29.8 Å².